The second-order valence-corrected chi connectivity index (χ2v) is 16.1. The summed E-state index contributed by atoms with van der Waals surface area (Å²) >= 11 is 1.61. The summed E-state index contributed by atoms with van der Waals surface area (Å²) in [4.78, 5) is 21.2. The minimum atomic E-state index is -3.59. The summed E-state index contributed by atoms with van der Waals surface area (Å²) in [6.07, 6.45) is 3.07. The summed E-state index contributed by atoms with van der Waals surface area (Å²) in [7, 11) is -0.695. The summed E-state index contributed by atoms with van der Waals surface area (Å²) < 4.78 is 46.8. The van der Waals surface area contributed by atoms with E-state index in [2.05, 4.69) is 31.0 Å². The van der Waals surface area contributed by atoms with E-state index >= 15 is 0 Å². The van der Waals surface area contributed by atoms with Crippen LogP contribution in [0.3, 0.4) is 0 Å². The van der Waals surface area contributed by atoms with Gasteiger partial charge in [0.1, 0.15) is 11.5 Å². The highest BCUT2D eigenvalue weighted by molar-refractivity contribution is 7.92. The van der Waals surface area contributed by atoms with Crippen LogP contribution < -0.4 is 24.4 Å². The van der Waals surface area contributed by atoms with Crippen LogP contribution in [-0.2, 0) is 33.3 Å². The Balaban J connectivity index is 1.18. The number of nitrogens with zero attached hydrogens (tertiary/aromatic N) is 4. The maximum absolute atomic E-state index is 13.3. The van der Waals surface area contributed by atoms with Gasteiger partial charge in [0.2, 0.25) is 10.0 Å². The second-order valence-electron chi connectivity index (χ2n) is 13.1. The third kappa shape index (κ3) is 7.62. The zero-order chi connectivity index (χ0) is 34.9. The number of methoxy groups -OCH3 is 1. The number of para-hydroxylation sites is 1. The largest absolute Gasteiger partial charge is 0.492 e. The van der Waals surface area contributed by atoms with Crippen LogP contribution in [0.1, 0.15) is 37.6 Å². The van der Waals surface area contributed by atoms with Crippen LogP contribution in [0.5, 0.6) is 17.2 Å². The molecule has 2 aromatic heterocycles. The summed E-state index contributed by atoms with van der Waals surface area (Å²) in [6, 6.07) is 16.6. The van der Waals surface area contributed by atoms with Crippen molar-refractivity contribution in [1.82, 2.24) is 19.6 Å². The Bertz CT molecular complexity index is 2100. The number of thiazole rings is 1. The number of morpholine rings is 1. The normalized spacial score (nSPS) is 14.2. The molecule has 3 heterocycles. The number of amides is 2. The van der Waals surface area contributed by atoms with Gasteiger partial charge < -0.3 is 24.8 Å². The first-order valence-corrected chi connectivity index (χ1v) is 18.6. The molecule has 1 fully saturated rings. The lowest BCUT2D eigenvalue weighted by Crippen LogP contribution is -2.35. The molecule has 6 rings (SSSR count). The van der Waals surface area contributed by atoms with Crippen molar-refractivity contribution >= 4 is 53.9 Å². The average Bonchev–Trinajstić information content (AvgIpc) is 3.62. The predicted molar refractivity (Wildman–Crippen MR) is 194 cm³/mol. The number of nitrogens with one attached hydrogen (secondary N) is 2. The standard InChI is InChI=1S/C35H42N6O6S2/c1-35(2,3)24-17-27(32(45-5)29(18-24)39(4)49(6,43)44)38-33(42)36-20-23-9-7-8-10-30(23)47-26-11-12-28-31(19-26)48-34-37-21-25(41(28)34)22-40-13-15-46-16-14-40/h7-12,17-19,21H,13-16,20,22H2,1-6H3,(H2,36,38,42). The first kappa shape index (κ1) is 34.5. The molecule has 1 aliphatic rings. The van der Waals surface area contributed by atoms with E-state index in [0.717, 1.165) is 75.4 Å². The molecule has 5 aromatic rings. The minimum absolute atomic E-state index is 0.180. The van der Waals surface area contributed by atoms with E-state index in [1.807, 2.05) is 63.4 Å². The highest BCUT2D eigenvalue weighted by Gasteiger charge is 2.25. The average molecular weight is 707 g/mol. The molecule has 0 atom stereocenters. The molecule has 14 heteroatoms. The van der Waals surface area contributed by atoms with Gasteiger partial charge >= 0.3 is 6.03 Å². The number of benzene rings is 3. The molecule has 1 saturated heterocycles. The number of imidazole rings is 1. The van der Waals surface area contributed by atoms with Crippen molar-refractivity contribution in [3.05, 3.63) is 77.6 Å². The molecule has 0 aliphatic carbocycles. The van der Waals surface area contributed by atoms with Crippen molar-refractivity contribution in [2.75, 3.05) is 56.3 Å². The summed E-state index contributed by atoms with van der Waals surface area (Å²) in [5.41, 5.74) is 4.19. The molecule has 1 aliphatic heterocycles. The SMILES string of the molecule is COc1c(NC(=O)NCc2ccccc2Oc2ccc3c(c2)sc2ncc(CN4CCOCC4)n23)cc(C(C)(C)C)cc1N(C)S(C)(=O)=O. The number of hydrogen-bond acceptors (Lipinski definition) is 9. The molecule has 2 N–H and O–H groups in total. The van der Waals surface area contributed by atoms with E-state index in [-0.39, 0.29) is 17.7 Å². The number of ether oxygens (including phenoxy) is 3. The zero-order valence-electron chi connectivity index (χ0n) is 28.6. The number of aromatic nitrogens is 2. The molecular weight excluding hydrogens is 665 g/mol. The van der Waals surface area contributed by atoms with Crippen LogP contribution in [0, 0.1) is 0 Å². The lowest BCUT2D eigenvalue weighted by molar-refractivity contribution is 0.0336. The van der Waals surface area contributed by atoms with E-state index in [9.17, 15) is 13.2 Å². The monoisotopic (exact) mass is 706 g/mol. The molecule has 3 aromatic carbocycles. The molecule has 2 amide bonds. The van der Waals surface area contributed by atoms with Crippen molar-refractivity contribution in [3.8, 4) is 17.2 Å². The van der Waals surface area contributed by atoms with Gasteiger partial charge in [-0.05, 0) is 41.3 Å². The van der Waals surface area contributed by atoms with E-state index in [1.165, 1.54) is 14.2 Å². The van der Waals surface area contributed by atoms with Crippen molar-refractivity contribution in [1.29, 1.82) is 0 Å². The number of anilines is 2. The smallest absolute Gasteiger partial charge is 0.319 e. The fourth-order valence-corrected chi connectivity index (χ4v) is 7.25. The Morgan fingerprint density at radius 1 is 1.10 bits per heavy atom. The van der Waals surface area contributed by atoms with Gasteiger partial charge in [-0.15, -0.1) is 0 Å². The molecule has 260 valence electrons. The molecular formula is C35H42N6O6S2. The molecule has 0 saturated carbocycles. The van der Waals surface area contributed by atoms with Gasteiger partial charge in [-0.25, -0.2) is 18.2 Å². The molecule has 0 radical (unpaired) electrons. The predicted octanol–water partition coefficient (Wildman–Crippen LogP) is 6.20. The Kier molecular flexibility index (Phi) is 9.76. The number of carbonyl (C=O) groups is 1. The molecule has 0 bridgehead atoms. The maximum atomic E-state index is 13.3. The van der Waals surface area contributed by atoms with Crippen LogP contribution in [-0.4, -0.2) is 75.5 Å². The fraction of sp³-hybridized carbons (Fsp3) is 0.371. The second kappa shape index (κ2) is 13.9. The highest BCUT2D eigenvalue weighted by Crippen LogP contribution is 2.41. The Morgan fingerprint density at radius 2 is 1.86 bits per heavy atom. The van der Waals surface area contributed by atoms with Gasteiger partial charge in [0.05, 0.1) is 60.1 Å². The summed E-state index contributed by atoms with van der Waals surface area (Å²) in [5, 5.41) is 5.77. The number of urea groups is 1. The lowest BCUT2D eigenvalue weighted by atomic mass is 9.86. The fourth-order valence-electron chi connectivity index (χ4n) is 5.71. The number of fused-ring (bicyclic) bond motifs is 3. The Morgan fingerprint density at radius 3 is 2.57 bits per heavy atom. The minimum Gasteiger partial charge on any atom is -0.492 e. The number of sulfonamides is 1. The van der Waals surface area contributed by atoms with Crippen molar-refractivity contribution in [2.24, 2.45) is 0 Å². The van der Waals surface area contributed by atoms with Crippen LogP contribution >= 0.6 is 11.3 Å². The first-order valence-electron chi connectivity index (χ1n) is 16.0. The third-order valence-corrected chi connectivity index (χ3v) is 10.7. The van der Waals surface area contributed by atoms with E-state index in [4.69, 9.17) is 14.2 Å². The number of carbonyl (C=O) groups excluding carboxylic acids is 1. The van der Waals surface area contributed by atoms with Gasteiger partial charge in [0.15, 0.2) is 10.7 Å². The lowest BCUT2D eigenvalue weighted by Gasteiger charge is -2.27. The van der Waals surface area contributed by atoms with Gasteiger partial charge in [-0.1, -0.05) is 50.3 Å². The van der Waals surface area contributed by atoms with E-state index in [1.54, 1.807) is 23.5 Å². The van der Waals surface area contributed by atoms with Gasteiger partial charge in [-0.2, -0.15) is 0 Å². The third-order valence-electron chi connectivity index (χ3n) is 8.53. The van der Waals surface area contributed by atoms with E-state index in [0.29, 0.717) is 22.9 Å². The highest BCUT2D eigenvalue weighted by atomic mass is 32.2. The van der Waals surface area contributed by atoms with Gasteiger partial charge in [0.25, 0.3) is 0 Å². The number of rotatable bonds is 10. The van der Waals surface area contributed by atoms with Crippen molar-refractivity contribution in [2.45, 2.75) is 39.3 Å². The van der Waals surface area contributed by atoms with Crippen LogP contribution in [0.2, 0.25) is 0 Å². The van der Waals surface area contributed by atoms with Gasteiger partial charge in [-0.3, -0.25) is 13.6 Å². The van der Waals surface area contributed by atoms with Crippen LogP contribution in [0.4, 0.5) is 16.2 Å². The molecule has 0 spiro atoms. The van der Waals surface area contributed by atoms with Crippen LogP contribution in [0.25, 0.3) is 15.2 Å². The molecule has 12 nitrogen and oxygen atoms in total. The Hall–Kier alpha value is -4.37. The quantitative estimate of drug-likeness (QED) is 0.176. The summed E-state index contributed by atoms with van der Waals surface area (Å²) in [5.74, 6) is 1.53. The van der Waals surface area contributed by atoms with Crippen molar-refractivity contribution < 1.29 is 27.4 Å². The van der Waals surface area contributed by atoms with Crippen LogP contribution in [0.15, 0.2) is 60.8 Å². The topological polar surface area (TPSA) is 127 Å². The molecule has 0 unspecified atom stereocenters. The summed E-state index contributed by atoms with van der Waals surface area (Å²) in [6.45, 7) is 10.3. The maximum Gasteiger partial charge on any atom is 0.319 e. The molecule has 49 heavy (non-hydrogen) atoms. The number of hydrogen-bond donors (Lipinski definition) is 2. The Labute approximate surface area is 290 Å². The zero-order valence-corrected chi connectivity index (χ0v) is 30.2. The van der Waals surface area contributed by atoms with Gasteiger partial charge in [0, 0.05) is 44.9 Å². The first-order chi connectivity index (χ1) is 23.3. The van der Waals surface area contributed by atoms with E-state index < -0.39 is 16.1 Å². The van der Waals surface area contributed by atoms with Crippen molar-refractivity contribution in [3.63, 3.8) is 0 Å².